The number of benzene rings is 3. The Balaban J connectivity index is 2.03. The summed E-state index contributed by atoms with van der Waals surface area (Å²) in [6.07, 6.45) is 1.73. The highest BCUT2D eigenvalue weighted by molar-refractivity contribution is 9.11. The quantitative estimate of drug-likeness (QED) is 0.226. The van der Waals surface area contributed by atoms with Crippen molar-refractivity contribution in [3.63, 3.8) is 0 Å². The monoisotopic (exact) mass is 569 g/mol. The van der Waals surface area contributed by atoms with Gasteiger partial charge in [0.15, 0.2) is 0 Å². The van der Waals surface area contributed by atoms with E-state index in [9.17, 15) is 5.26 Å². The zero-order chi connectivity index (χ0) is 21.0. The van der Waals surface area contributed by atoms with Crippen LogP contribution in [-0.4, -0.2) is 0 Å². The molecule has 0 aliphatic heterocycles. The molecule has 2 nitrogen and oxygen atoms in total. The van der Waals surface area contributed by atoms with Crippen molar-refractivity contribution < 1.29 is 4.74 Å². The second-order valence-electron chi connectivity index (χ2n) is 5.98. The Labute approximate surface area is 200 Å². The molecule has 0 saturated heterocycles. The summed E-state index contributed by atoms with van der Waals surface area (Å²) in [6, 6.07) is 18.4. The van der Waals surface area contributed by atoms with Gasteiger partial charge in [0.05, 0.1) is 21.1 Å². The lowest BCUT2D eigenvalue weighted by Crippen LogP contribution is -1.99. The van der Waals surface area contributed by atoms with E-state index in [1.54, 1.807) is 24.3 Å². The van der Waals surface area contributed by atoms with Crippen LogP contribution in [0.15, 0.2) is 63.5 Å². The van der Waals surface area contributed by atoms with Crippen LogP contribution in [0.25, 0.3) is 11.6 Å². The molecule has 0 atom stereocenters. The number of hydrogen-bond donors (Lipinski definition) is 0. The molecule has 3 aromatic rings. The predicted octanol–water partition coefficient (Wildman–Crippen LogP) is 8.81. The summed E-state index contributed by atoms with van der Waals surface area (Å²) in [5, 5.41) is 11.3. The Morgan fingerprint density at radius 1 is 1.00 bits per heavy atom. The Kier molecular flexibility index (Phi) is 7.67. The van der Waals surface area contributed by atoms with Gasteiger partial charge in [0.2, 0.25) is 0 Å². The third kappa shape index (κ3) is 5.57. The van der Waals surface area contributed by atoms with Gasteiger partial charge >= 0.3 is 0 Å². The van der Waals surface area contributed by atoms with Crippen molar-refractivity contribution in [1.29, 1.82) is 5.26 Å². The van der Waals surface area contributed by atoms with Crippen molar-refractivity contribution in [1.82, 2.24) is 0 Å². The van der Waals surface area contributed by atoms with Crippen LogP contribution in [0.1, 0.15) is 16.7 Å². The fourth-order valence-corrected chi connectivity index (χ4v) is 4.71. The van der Waals surface area contributed by atoms with Crippen LogP contribution in [-0.2, 0) is 6.61 Å². The minimum absolute atomic E-state index is 0.282. The molecule has 0 aliphatic rings. The van der Waals surface area contributed by atoms with Crippen LogP contribution in [0.5, 0.6) is 5.75 Å². The highest BCUT2D eigenvalue weighted by Gasteiger charge is 2.13. The largest absolute Gasteiger partial charge is 0.487 e. The van der Waals surface area contributed by atoms with Gasteiger partial charge in [-0.05, 0) is 52.3 Å². The topological polar surface area (TPSA) is 33.0 Å². The molecular formula is C22H12Br2Cl3NO. The first-order valence-electron chi connectivity index (χ1n) is 8.31. The van der Waals surface area contributed by atoms with Gasteiger partial charge in [-0.3, -0.25) is 0 Å². The molecule has 0 heterocycles. The first-order valence-corrected chi connectivity index (χ1v) is 11.0. The Bertz CT molecular complexity index is 1140. The molecule has 0 aromatic heterocycles. The molecule has 0 N–H and O–H groups in total. The molecule has 0 saturated carbocycles. The highest BCUT2D eigenvalue weighted by Crippen LogP contribution is 2.37. The van der Waals surface area contributed by atoms with E-state index >= 15 is 0 Å². The van der Waals surface area contributed by atoms with Crippen LogP contribution < -0.4 is 4.74 Å². The molecule has 0 unspecified atom stereocenters. The maximum atomic E-state index is 9.72. The summed E-state index contributed by atoms with van der Waals surface area (Å²) in [5.41, 5.74) is 2.55. The molecule has 0 bridgehead atoms. The Morgan fingerprint density at radius 3 is 2.45 bits per heavy atom. The zero-order valence-corrected chi connectivity index (χ0v) is 20.2. The van der Waals surface area contributed by atoms with E-state index in [1.165, 1.54) is 0 Å². The van der Waals surface area contributed by atoms with Gasteiger partial charge in [-0.25, -0.2) is 0 Å². The Hall–Kier alpha value is -1.48. The van der Waals surface area contributed by atoms with E-state index in [1.807, 2.05) is 36.4 Å². The average molecular weight is 573 g/mol. The lowest BCUT2D eigenvalue weighted by atomic mass is 10.0. The first-order chi connectivity index (χ1) is 13.9. The molecule has 0 aliphatic carbocycles. The fraction of sp³-hybridized carbons (Fsp3) is 0.0455. The van der Waals surface area contributed by atoms with Crippen LogP contribution in [0, 0.1) is 11.3 Å². The first kappa shape index (κ1) is 22.2. The van der Waals surface area contributed by atoms with E-state index in [2.05, 4.69) is 37.9 Å². The van der Waals surface area contributed by atoms with Crippen molar-refractivity contribution in [3.05, 3.63) is 95.3 Å². The Morgan fingerprint density at radius 2 is 1.76 bits per heavy atom. The van der Waals surface area contributed by atoms with Crippen molar-refractivity contribution in [2.45, 2.75) is 6.61 Å². The molecule has 0 spiro atoms. The van der Waals surface area contributed by atoms with Gasteiger partial charge in [-0.2, -0.15) is 5.26 Å². The minimum atomic E-state index is 0.282. The van der Waals surface area contributed by atoms with Crippen LogP contribution in [0.4, 0.5) is 0 Å². The molecule has 146 valence electrons. The number of rotatable bonds is 5. The maximum Gasteiger partial charge on any atom is 0.141 e. The van der Waals surface area contributed by atoms with Gasteiger partial charge in [0.25, 0.3) is 0 Å². The van der Waals surface area contributed by atoms with Crippen molar-refractivity contribution in [3.8, 4) is 11.8 Å². The molecule has 7 heteroatoms. The van der Waals surface area contributed by atoms with Crippen LogP contribution in [0.3, 0.4) is 0 Å². The van der Waals surface area contributed by atoms with Gasteiger partial charge in [0.1, 0.15) is 12.4 Å². The summed E-state index contributed by atoms with van der Waals surface area (Å²) < 4.78 is 7.63. The van der Waals surface area contributed by atoms with Crippen LogP contribution >= 0.6 is 66.7 Å². The number of nitrogens with zero attached hydrogens (tertiary/aromatic N) is 1. The van der Waals surface area contributed by atoms with Gasteiger partial charge in [-0.1, -0.05) is 75.0 Å². The normalized spacial score (nSPS) is 11.2. The van der Waals surface area contributed by atoms with E-state index in [-0.39, 0.29) is 6.61 Å². The number of hydrogen-bond acceptors (Lipinski definition) is 2. The molecule has 0 radical (unpaired) electrons. The molecular weight excluding hydrogens is 560 g/mol. The van der Waals surface area contributed by atoms with Gasteiger partial charge in [0, 0.05) is 31.2 Å². The van der Waals surface area contributed by atoms with E-state index in [0.29, 0.717) is 37.5 Å². The smallest absolute Gasteiger partial charge is 0.141 e. The van der Waals surface area contributed by atoms with Gasteiger partial charge in [-0.15, -0.1) is 0 Å². The van der Waals surface area contributed by atoms with E-state index < -0.39 is 0 Å². The fourth-order valence-electron chi connectivity index (χ4n) is 2.64. The molecule has 0 amide bonds. The second-order valence-corrected chi connectivity index (χ2v) is 9.00. The lowest BCUT2D eigenvalue weighted by Gasteiger charge is -2.14. The summed E-state index contributed by atoms with van der Waals surface area (Å²) in [5.74, 6) is 0.589. The molecule has 3 rings (SSSR count). The second kappa shape index (κ2) is 10.0. The lowest BCUT2D eigenvalue weighted by molar-refractivity contribution is 0.303. The maximum absolute atomic E-state index is 9.72. The third-order valence-electron chi connectivity index (χ3n) is 4.01. The van der Waals surface area contributed by atoms with Crippen molar-refractivity contribution in [2.24, 2.45) is 0 Å². The predicted molar refractivity (Wildman–Crippen MR) is 128 cm³/mol. The number of allylic oxidation sites excluding steroid dienone is 1. The van der Waals surface area contributed by atoms with Gasteiger partial charge < -0.3 is 4.74 Å². The highest BCUT2D eigenvalue weighted by atomic mass is 79.9. The van der Waals surface area contributed by atoms with Crippen molar-refractivity contribution in [2.75, 3.05) is 0 Å². The molecule has 3 aromatic carbocycles. The summed E-state index contributed by atoms with van der Waals surface area (Å²) in [6.45, 7) is 0.282. The third-order valence-corrected chi connectivity index (χ3v) is 5.97. The zero-order valence-electron chi connectivity index (χ0n) is 14.7. The number of nitriles is 1. The molecule has 0 fully saturated rings. The van der Waals surface area contributed by atoms with Crippen LogP contribution in [0.2, 0.25) is 15.1 Å². The van der Waals surface area contributed by atoms with Crippen molar-refractivity contribution >= 4 is 78.3 Å². The summed E-state index contributed by atoms with van der Waals surface area (Å²) in [7, 11) is 0. The van der Waals surface area contributed by atoms with E-state index in [4.69, 9.17) is 39.5 Å². The minimum Gasteiger partial charge on any atom is -0.487 e. The summed E-state index contributed by atoms with van der Waals surface area (Å²) in [4.78, 5) is 0. The summed E-state index contributed by atoms with van der Waals surface area (Å²) >= 11 is 25.5. The van der Waals surface area contributed by atoms with E-state index in [0.717, 1.165) is 14.5 Å². The standard InChI is InChI=1S/C22H12Br2Cl3NO/c23-16-8-14(7-15(11-28)18-6-5-17(25)10-21(18)27)22(19(24)9-16)29-12-13-3-1-2-4-20(13)26/h1-10H,12H2/b15-7+. The average Bonchev–Trinajstić information content (AvgIpc) is 2.67. The SMILES string of the molecule is N#C/C(=C\c1cc(Br)cc(Br)c1OCc1ccccc1Cl)c1ccc(Cl)cc1Cl. The molecule has 29 heavy (non-hydrogen) atoms. The number of halogens is 5. The number of ether oxygens (including phenoxy) is 1.